The van der Waals surface area contributed by atoms with E-state index in [0.29, 0.717) is 18.3 Å². The van der Waals surface area contributed by atoms with Gasteiger partial charge >= 0.3 is 0 Å². The van der Waals surface area contributed by atoms with Crippen molar-refractivity contribution in [3.8, 4) is 0 Å². The monoisotopic (exact) mass is 272 g/mol. The van der Waals surface area contributed by atoms with E-state index >= 15 is 0 Å². The van der Waals surface area contributed by atoms with E-state index in [1.54, 1.807) is 12.3 Å². The Morgan fingerprint density at radius 3 is 2.70 bits per heavy atom. The summed E-state index contributed by atoms with van der Waals surface area (Å²) >= 11 is 0. The highest BCUT2D eigenvalue weighted by Crippen LogP contribution is 2.13. The van der Waals surface area contributed by atoms with Gasteiger partial charge in [0, 0.05) is 19.3 Å². The molecule has 0 spiro atoms. The second-order valence-corrected chi connectivity index (χ2v) is 4.50. The van der Waals surface area contributed by atoms with Crippen LogP contribution < -0.4 is 10.6 Å². The van der Waals surface area contributed by atoms with E-state index in [2.05, 4.69) is 27.5 Å². The van der Waals surface area contributed by atoms with Gasteiger partial charge in [0.2, 0.25) is 5.95 Å². The molecule has 1 unspecified atom stereocenters. The molecule has 1 aromatic carbocycles. The summed E-state index contributed by atoms with van der Waals surface area (Å²) in [4.78, 5) is 8.47. The maximum absolute atomic E-state index is 10.1. The van der Waals surface area contributed by atoms with Crippen LogP contribution in [-0.2, 0) is 0 Å². The van der Waals surface area contributed by atoms with Gasteiger partial charge in [-0.15, -0.1) is 0 Å². The topological polar surface area (TPSA) is 70.1 Å². The zero-order valence-corrected chi connectivity index (χ0v) is 11.6. The number of hydrogen-bond acceptors (Lipinski definition) is 5. The molecule has 5 nitrogen and oxygen atoms in total. The normalized spacial score (nSPS) is 11.9. The number of anilines is 2. The number of nitrogens with zero attached hydrogens (tertiary/aromatic N) is 2. The lowest BCUT2D eigenvalue weighted by Gasteiger charge is -2.13. The summed E-state index contributed by atoms with van der Waals surface area (Å²) in [6.45, 7) is 3.34. The minimum atomic E-state index is -0.557. The lowest BCUT2D eigenvalue weighted by molar-refractivity contribution is 0.191. The number of aliphatic hydroxyl groups excluding tert-OH is 1. The van der Waals surface area contributed by atoms with Crippen LogP contribution in [0.25, 0.3) is 0 Å². The highest BCUT2D eigenvalue weighted by molar-refractivity contribution is 5.39. The number of hydrogen-bond donors (Lipinski definition) is 3. The fraction of sp³-hybridized carbons (Fsp3) is 0.333. The predicted octanol–water partition coefficient (Wildman–Crippen LogP) is 2.44. The molecule has 0 bridgehead atoms. The summed E-state index contributed by atoms with van der Waals surface area (Å²) in [6, 6.07) is 11.3. The maximum Gasteiger partial charge on any atom is 0.224 e. The van der Waals surface area contributed by atoms with Crippen molar-refractivity contribution in [3.63, 3.8) is 0 Å². The minimum Gasteiger partial charge on any atom is -0.387 e. The van der Waals surface area contributed by atoms with E-state index in [0.717, 1.165) is 18.5 Å². The molecule has 1 heterocycles. The van der Waals surface area contributed by atoms with Crippen LogP contribution in [0.2, 0.25) is 0 Å². The number of aliphatic hydroxyl groups is 1. The molecule has 106 valence electrons. The van der Waals surface area contributed by atoms with Crippen molar-refractivity contribution in [2.75, 3.05) is 23.7 Å². The Kier molecular flexibility index (Phi) is 5.32. The van der Waals surface area contributed by atoms with Crippen molar-refractivity contribution >= 4 is 11.8 Å². The molecule has 20 heavy (non-hydrogen) atoms. The van der Waals surface area contributed by atoms with Gasteiger partial charge in [-0.1, -0.05) is 37.3 Å². The SMILES string of the molecule is CCCNc1nccc(NCC(O)c2ccccc2)n1. The third kappa shape index (κ3) is 4.20. The third-order valence-electron chi connectivity index (χ3n) is 2.85. The standard InChI is InChI=1S/C15H20N4O/c1-2-9-16-15-17-10-8-14(19-15)18-11-13(20)12-6-4-3-5-7-12/h3-8,10,13,20H,2,9,11H2,1H3,(H2,16,17,18,19). The number of benzene rings is 1. The quantitative estimate of drug-likeness (QED) is 0.722. The molecule has 2 aromatic rings. The Hall–Kier alpha value is -2.14. The first-order valence-electron chi connectivity index (χ1n) is 6.83. The molecule has 0 aliphatic heterocycles. The van der Waals surface area contributed by atoms with Crippen molar-refractivity contribution < 1.29 is 5.11 Å². The second kappa shape index (κ2) is 7.45. The Labute approximate surface area is 119 Å². The van der Waals surface area contributed by atoms with Crippen LogP contribution in [0.1, 0.15) is 25.0 Å². The Morgan fingerprint density at radius 2 is 1.95 bits per heavy atom. The number of aromatic nitrogens is 2. The van der Waals surface area contributed by atoms with Crippen molar-refractivity contribution in [3.05, 3.63) is 48.2 Å². The van der Waals surface area contributed by atoms with Crippen LogP contribution in [-0.4, -0.2) is 28.2 Å². The van der Waals surface area contributed by atoms with Crippen LogP contribution in [0.3, 0.4) is 0 Å². The Morgan fingerprint density at radius 1 is 1.15 bits per heavy atom. The smallest absolute Gasteiger partial charge is 0.224 e. The van der Waals surface area contributed by atoms with E-state index < -0.39 is 6.10 Å². The fourth-order valence-corrected chi connectivity index (χ4v) is 1.77. The molecule has 0 aliphatic carbocycles. The van der Waals surface area contributed by atoms with Gasteiger partial charge in [-0.3, -0.25) is 0 Å². The fourth-order valence-electron chi connectivity index (χ4n) is 1.77. The average molecular weight is 272 g/mol. The van der Waals surface area contributed by atoms with Crippen molar-refractivity contribution in [1.29, 1.82) is 0 Å². The van der Waals surface area contributed by atoms with E-state index in [4.69, 9.17) is 0 Å². The first-order chi connectivity index (χ1) is 9.79. The largest absolute Gasteiger partial charge is 0.387 e. The molecule has 0 saturated heterocycles. The zero-order valence-electron chi connectivity index (χ0n) is 11.6. The second-order valence-electron chi connectivity index (χ2n) is 4.50. The van der Waals surface area contributed by atoms with Crippen LogP contribution >= 0.6 is 0 Å². The summed E-state index contributed by atoms with van der Waals surface area (Å²) < 4.78 is 0. The van der Waals surface area contributed by atoms with Gasteiger partial charge in [0.1, 0.15) is 5.82 Å². The van der Waals surface area contributed by atoms with Gasteiger partial charge in [-0.25, -0.2) is 4.98 Å². The van der Waals surface area contributed by atoms with E-state index in [1.807, 2.05) is 30.3 Å². The molecule has 1 atom stereocenters. The highest BCUT2D eigenvalue weighted by atomic mass is 16.3. The summed E-state index contributed by atoms with van der Waals surface area (Å²) in [5.74, 6) is 1.31. The van der Waals surface area contributed by atoms with Crippen LogP contribution in [0.5, 0.6) is 0 Å². The van der Waals surface area contributed by atoms with E-state index in [-0.39, 0.29) is 0 Å². The molecule has 0 fully saturated rings. The Bertz CT molecular complexity index is 518. The molecule has 0 radical (unpaired) electrons. The van der Waals surface area contributed by atoms with Crippen molar-refractivity contribution in [2.24, 2.45) is 0 Å². The van der Waals surface area contributed by atoms with Gasteiger partial charge < -0.3 is 15.7 Å². The van der Waals surface area contributed by atoms with Crippen LogP contribution in [0.15, 0.2) is 42.6 Å². The lowest BCUT2D eigenvalue weighted by atomic mass is 10.1. The van der Waals surface area contributed by atoms with Gasteiger partial charge in [0.25, 0.3) is 0 Å². The first-order valence-corrected chi connectivity index (χ1v) is 6.83. The van der Waals surface area contributed by atoms with Crippen molar-refractivity contribution in [2.45, 2.75) is 19.4 Å². The summed E-state index contributed by atoms with van der Waals surface area (Å²) in [5.41, 5.74) is 0.887. The van der Waals surface area contributed by atoms with E-state index in [1.165, 1.54) is 0 Å². The molecule has 2 rings (SSSR count). The summed E-state index contributed by atoms with van der Waals surface area (Å²) in [5, 5.41) is 16.3. The van der Waals surface area contributed by atoms with Crippen molar-refractivity contribution in [1.82, 2.24) is 9.97 Å². The molecule has 0 aliphatic rings. The molecule has 0 saturated carbocycles. The van der Waals surface area contributed by atoms with E-state index in [9.17, 15) is 5.11 Å². The molecular formula is C15H20N4O. The highest BCUT2D eigenvalue weighted by Gasteiger charge is 2.07. The zero-order chi connectivity index (χ0) is 14.2. The minimum absolute atomic E-state index is 0.411. The van der Waals surface area contributed by atoms with Gasteiger partial charge in [0.05, 0.1) is 6.10 Å². The van der Waals surface area contributed by atoms with Crippen LogP contribution in [0.4, 0.5) is 11.8 Å². The number of rotatable bonds is 7. The van der Waals surface area contributed by atoms with Crippen LogP contribution in [0, 0.1) is 0 Å². The Balaban J connectivity index is 1.90. The summed E-state index contributed by atoms with van der Waals surface area (Å²) in [7, 11) is 0. The first kappa shape index (κ1) is 14.3. The molecular weight excluding hydrogens is 252 g/mol. The van der Waals surface area contributed by atoms with Gasteiger partial charge in [-0.2, -0.15) is 4.98 Å². The molecule has 0 amide bonds. The molecule has 1 aromatic heterocycles. The third-order valence-corrected chi connectivity index (χ3v) is 2.85. The lowest BCUT2D eigenvalue weighted by Crippen LogP contribution is -2.14. The maximum atomic E-state index is 10.1. The molecule has 3 N–H and O–H groups in total. The van der Waals surface area contributed by atoms with Gasteiger partial charge in [-0.05, 0) is 18.1 Å². The average Bonchev–Trinajstić information content (AvgIpc) is 2.52. The number of nitrogens with one attached hydrogen (secondary N) is 2. The summed E-state index contributed by atoms with van der Waals surface area (Å²) in [6.07, 6.45) is 2.16. The predicted molar refractivity (Wildman–Crippen MR) is 80.7 cm³/mol. The molecule has 5 heteroatoms. The van der Waals surface area contributed by atoms with Gasteiger partial charge in [0.15, 0.2) is 0 Å².